The Hall–Kier alpha value is -2.90. The molecule has 1 fully saturated rings. The van der Waals surface area contributed by atoms with Gasteiger partial charge >= 0.3 is 0 Å². The Morgan fingerprint density at radius 1 is 1.13 bits per heavy atom. The van der Waals surface area contributed by atoms with Gasteiger partial charge in [-0.1, -0.05) is 49.4 Å². The number of amides is 3. The monoisotopic (exact) mass is 430 g/mol. The van der Waals surface area contributed by atoms with Crippen LogP contribution in [0.1, 0.15) is 34.5 Å². The number of rotatable bonds is 6. The third kappa shape index (κ3) is 5.81. The van der Waals surface area contributed by atoms with E-state index in [9.17, 15) is 14.4 Å². The van der Waals surface area contributed by atoms with Crippen LogP contribution in [-0.2, 0) is 16.1 Å². The fraction of sp³-hybridized carbons (Fsp3) is 0.318. The van der Waals surface area contributed by atoms with E-state index in [0.717, 1.165) is 11.1 Å². The predicted octanol–water partition coefficient (Wildman–Crippen LogP) is 1.63. The lowest BCUT2D eigenvalue weighted by Gasteiger charge is -2.26. The van der Waals surface area contributed by atoms with Crippen molar-refractivity contribution < 1.29 is 14.4 Å². The first kappa shape index (κ1) is 23.4. The van der Waals surface area contributed by atoms with E-state index >= 15 is 0 Å². The number of hydrogen-bond donors (Lipinski definition) is 3. The second-order valence-corrected chi connectivity index (χ2v) is 7.22. The molecule has 30 heavy (non-hydrogen) atoms. The van der Waals surface area contributed by atoms with Gasteiger partial charge in [0.05, 0.1) is 12.5 Å². The van der Waals surface area contributed by atoms with E-state index in [-0.39, 0.29) is 48.6 Å². The van der Waals surface area contributed by atoms with Crippen LogP contribution < -0.4 is 16.4 Å². The van der Waals surface area contributed by atoms with Gasteiger partial charge in [-0.25, -0.2) is 0 Å². The van der Waals surface area contributed by atoms with Gasteiger partial charge < -0.3 is 21.3 Å². The molecule has 3 amide bonds. The van der Waals surface area contributed by atoms with Crippen LogP contribution in [0.4, 0.5) is 0 Å². The average molecular weight is 431 g/mol. The molecule has 0 aliphatic carbocycles. The third-order valence-corrected chi connectivity index (χ3v) is 5.13. The minimum absolute atomic E-state index is 0. The van der Waals surface area contributed by atoms with Crippen molar-refractivity contribution in [1.82, 2.24) is 15.5 Å². The molecule has 2 unspecified atom stereocenters. The minimum atomic E-state index is -0.377. The largest absolute Gasteiger partial charge is 0.353 e. The SMILES string of the molecule is CC(C(=O)NCc1ccc(C(=O)N2CCNC(=O)C2)cc1)C(N)c1ccccc1.Cl. The number of nitrogens with one attached hydrogen (secondary N) is 2. The maximum atomic E-state index is 12.5. The highest BCUT2D eigenvalue weighted by molar-refractivity contribution is 5.97. The molecule has 0 aromatic heterocycles. The molecule has 1 saturated heterocycles. The van der Waals surface area contributed by atoms with Crippen molar-refractivity contribution in [2.24, 2.45) is 11.7 Å². The number of piperazine rings is 1. The maximum Gasteiger partial charge on any atom is 0.254 e. The average Bonchev–Trinajstić information content (AvgIpc) is 2.77. The van der Waals surface area contributed by atoms with Gasteiger partial charge in [0.25, 0.3) is 5.91 Å². The van der Waals surface area contributed by atoms with Crippen LogP contribution in [0.3, 0.4) is 0 Å². The Labute approximate surface area is 182 Å². The Morgan fingerprint density at radius 3 is 2.43 bits per heavy atom. The van der Waals surface area contributed by atoms with Gasteiger partial charge in [-0.15, -0.1) is 12.4 Å². The van der Waals surface area contributed by atoms with Gasteiger partial charge in [0.1, 0.15) is 0 Å². The zero-order valence-electron chi connectivity index (χ0n) is 16.8. The molecule has 2 aromatic rings. The lowest BCUT2D eigenvalue weighted by molar-refractivity contribution is -0.125. The van der Waals surface area contributed by atoms with Gasteiger partial charge in [-0.05, 0) is 23.3 Å². The van der Waals surface area contributed by atoms with Gasteiger partial charge in [-0.2, -0.15) is 0 Å². The summed E-state index contributed by atoms with van der Waals surface area (Å²) in [6.07, 6.45) is 0. The molecule has 0 bridgehead atoms. The van der Waals surface area contributed by atoms with Crippen LogP contribution in [0.15, 0.2) is 54.6 Å². The van der Waals surface area contributed by atoms with E-state index in [2.05, 4.69) is 10.6 Å². The number of carbonyl (C=O) groups is 3. The molecule has 1 aliphatic heterocycles. The quantitative estimate of drug-likeness (QED) is 0.647. The van der Waals surface area contributed by atoms with Gasteiger partial charge in [0, 0.05) is 31.2 Å². The first-order valence-corrected chi connectivity index (χ1v) is 9.69. The Morgan fingerprint density at radius 2 is 1.80 bits per heavy atom. The van der Waals surface area contributed by atoms with E-state index in [1.54, 1.807) is 24.3 Å². The number of carbonyl (C=O) groups excluding carboxylic acids is 3. The Bertz CT molecular complexity index is 874. The highest BCUT2D eigenvalue weighted by atomic mass is 35.5. The lowest BCUT2D eigenvalue weighted by Crippen LogP contribution is -2.49. The normalized spacial score (nSPS) is 15.4. The number of halogens is 1. The molecule has 0 spiro atoms. The first-order chi connectivity index (χ1) is 14.0. The molecular formula is C22H27ClN4O3. The molecule has 2 aromatic carbocycles. The second kappa shape index (κ2) is 10.8. The van der Waals surface area contributed by atoms with Crippen molar-refractivity contribution in [1.29, 1.82) is 0 Å². The first-order valence-electron chi connectivity index (χ1n) is 9.69. The molecule has 2 atom stereocenters. The number of benzene rings is 2. The third-order valence-electron chi connectivity index (χ3n) is 5.13. The maximum absolute atomic E-state index is 12.5. The molecular weight excluding hydrogens is 404 g/mol. The molecule has 3 rings (SSSR count). The molecule has 4 N–H and O–H groups in total. The van der Waals surface area contributed by atoms with E-state index < -0.39 is 0 Å². The van der Waals surface area contributed by atoms with Gasteiger partial charge in [-0.3, -0.25) is 14.4 Å². The predicted molar refractivity (Wildman–Crippen MR) is 117 cm³/mol. The molecule has 1 aliphatic rings. The summed E-state index contributed by atoms with van der Waals surface area (Å²) in [6.45, 7) is 3.21. The van der Waals surface area contributed by atoms with Crippen LogP contribution in [0.5, 0.6) is 0 Å². The summed E-state index contributed by atoms with van der Waals surface area (Å²) in [5, 5.41) is 5.60. The van der Waals surface area contributed by atoms with Crippen LogP contribution in [-0.4, -0.2) is 42.3 Å². The molecule has 0 saturated carbocycles. The van der Waals surface area contributed by atoms with Crippen LogP contribution in [0, 0.1) is 5.92 Å². The number of nitrogens with zero attached hydrogens (tertiary/aromatic N) is 1. The second-order valence-electron chi connectivity index (χ2n) is 7.22. The van der Waals surface area contributed by atoms with Crippen molar-refractivity contribution in [3.8, 4) is 0 Å². The van der Waals surface area contributed by atoms with Crippen LogP contribution in [0.25, 0.3) is 0 Å². The van der Waals surface area contributed by atoms with E-state index in [1.807, 2.05) is 37.3 Å². The topological polar surface area (TPSA) is 105 Å². The summed E-state index contributed by atoms with van der Waals surface area (Å²) in [5.74, 6) is -0.811. The van der Waals surface area contributed by atoms with E-state index in [0.29, 0.717) is 25.2 Å². The van der Waals surface area contributed by atoms with Crippen molar-refractivity contribution in [2.75, 3.05) is 19.6 Å². The number of nitrogens with two attached hydrogens (primary N) is 1. The van der Waals surface area contributed by atoms with Crippen molar-refractivity contribution in [3.05, 3.63) is 71.3 Å². The van der Waals surface area contributed by atoms with Crippen molar-refractivity contribution in [2.45, 2.75) is 19.5 Å². The molecule has 1 heterocycles. The van der Waals surface area contributed by atoms with Gasteiger partial charge in [0.2, 0.25) is 11.8 Å². The summed E-state index contributed by atoms with van der Waals surface area (Å²) in [6, 6.07) is 16.2. The smallest absolute Gasteiger partial charge is 0.254 e. The highest BCUT2D eigenvalue weighted by Gasteiger charge is 2.23. The van der Waals surface area contributed by atoms with Gasteiger partial charge in [0.15, 0.2) is 0 Å². The van der Waals surface area contributed by atoms with Crippen LogP contribution in [0.2, 0.25) is 0 Å². The Balaban J connectivity index is 0.00000320. The summed E-state index contributed by atoms with van der Waals surface area (Å²) in [7, 11) is 0. The molecule has 0 radical (unpaired) electrons. The van der Waals surface area contributed by atoms with E-state index in [4.69, 9.17) is 5.73 Å². The minimum Gasteiger partial charge on any atom is -0.353 e. The summed E-state index contributed by atoms with van der Waals surface area (Å²) in [4.78, 5) is 37.9. The molecule has 8 heteroatoms. The zero-order chi connectivity index (χ0) is 20.8. The lowest BCUT2D eigenvalue weighted by atomic mass is 9.94. The fourth-order valence-corrected chi connectivity index (χ4v) is 3.24. The summed E-state index contributed by atoms with van der Waals surface area (Å²) < 4.78 is 0. The zero-order valence-corrected chi connectivity index (χ0v) is 17.7. The summed E-state index contributed by atoms with van der Waals surface area (Å²) in [5.41, 5.74) is 8.54. The molecule has 160 valence electrons. The fourth-order valence-electron chi connectivity index (χ4n) is 3.24. The summed E-state index contributed by atoms with van der Waals surface area (Å²) >= 11 is 0. The van der Waals surface area contributed by atoms with Crippen molar-refractivity contribution in [3.63, 3.8) is 0 Å². The Kier molecular flexibility index (Phi) is 8.38. The van der Waals surface area contributed by atoms with E-state index in [1.165, 1.54) is 4.90 Å². The van der Waals surface area contributed by atoms with Crippen LogP contribution >= 0.6 is 12.4 Å². The van der Waals surface area contributed by atoms with Crippen molar-refractivity contribution >= 4 is 30.1 Å². The highest BCUT2D eigenvalue weighted by Crippen LogP contribution is 2.19. The standard InChI is InChI=1S/C22H26N4O3.ClH/c1-15(20(23)17-5-3-2-4-6-17)21(28)25-13-16-7-9-18(10-8-16)22(29)26-12-11-24-19(27)14-26;/h2-10,15,20H,11-14,23H2,1H3,(H,24,27)(H,25,28);1H. The number of hydrogen-bond acceptors (Lipinski definition) is 4. The molecule has 7 nitrogen and oxygen atoms in total.